The number of aromatic nitrogens is 2. The zero-order valence-electron chi connectivity index (χ0n) is 10.8. The van der Waals surface area contributed by atoms with Crippen LogP contribution in [0.25, 0.3) is 0 Å². The van der Waals surface area contributed by atoms with Crippen molar-refractivity contribution in [1.29, 1.82) is 0 Å². The summed E-state index contributed by atoms with van der Waals surface area (Å²) in [6, 6.07) is 3.22. The lowest BCUT2D eigenvalue weighted by molar-refractivity contribution is 0.212. The molecule has 6 heteroatoms. The van der Waals surface area contributed by atoms with E-state index in [0.29, 0.717) is 17.9 Å². The van der Waals surface area contributed by atoms with Crippen LogP contribution in [-0.2, 0) is 0 Å². The van der Waals surface area contributed by atoms with Crippen LogP contribution in [0.3, 0.4) is 0 Å². The maximum atomic E-state index is 5.85. The maximum Gasteiger partial charge on any atom is 0.191 e. The minimum absolute atomic E-state index is 0.565. The third-order valence-corrected chi connectivity index (χ3v) is 4.61. The van der Waals surface area contributed by atoms with Gasteiger partial charge in [0.15, 0.2) is 5.16 Å². The maximum absolute atomic E-state index is 5.85. The van der Waals surface area contributed by atoms with Crippen molar-refractivity contribution >= 4 is 23.4 Å². The molecule has 2 aliphatic heterocycles. The van der Waals surface area contributed by atoms with Crippen molar-refractivity contribution in [3.05, 3.63) is 6.07 Å². The summed E-state index contributed by atoms with van der Waals surface area (Å²) >= 11 is 1.54. The molecule has 0 saturated carbocycles. The van der Waals surface area contributed by atoms with Gasteiger partial charge in [0.05, 0.1) is 0 Å². The number of nitrogens with zero attached hydrogens (tertiary/aromatic N) is 4. The molecule has 1 aromatic heterocycles. The molecule has 2 fully saturated rings. The summed E-state index contributed by atoms with van der Waals surface area (Å²) in [6.07, 6.45) is 4.58. The average Bonchev–Trinajstić information content (AvgIpc) is 2.60. The molecule has 2 bridgehead atoms. The van der Waals surface area contributed by atoms with Gasteiger partial charge < -0.3 is 10.6 Å². The average molecular weight is 265 g/mol. The van der Waals surface area contributed by atoms with E-state index in [1.54, 1.807) is 0 Å². The molecule has 2 unspecified atom stereocenters. The van der Waals surface area contributed by atoms with E-state index >= 15 is 0 Å². The van der Waals surface area contributed by atoms with Gasteiger partial charge in [-0.1, -0.05) is 11.8 Å². The molecule has 2 atom stereocenters. The van der Waals surface area contributed by atoms with Gasteiger partial charge in [0.2, 0.25) is 0 Å². The fourth-order valence-electron chi connectivity index (χ4n) is 2.98. The lowest BCUT2D eigenvalue weighted by atomic mass is 10.2. The van der Waals surface area contributed by atoms with E-state index in [2.05, 4.69) is 26.8 Å². The number of fused-ring (bicyclic) bond motifs is 2. The summed E-state index contributed by atoms with van der Waals surface area (Å²) < 4.78 is 0. The van der Waals surface area contributed by atoms with Crippen molar-refractivity contribution in [3.8, 4) is 0 Å². The summed E-state index contributed by atoms with van der Waals surface area (Å²) in [4.78, 5) is 13.7. The first-order valence-corrected chi connectivity index (χ1v) is 7.55. The van der Waals surface area contributed by atoms with Gasteiger partial charge >= 0.3 is 0 Å². The van der Waals surface area contributed by atoms with E-state index in [-0.39, 0.29) is 0 Å². The predicted octanol–water partition coefficient (Wildman–Crippen LogP) is 1.06. The third kappa shape index (κ3) is 2.03. The number of piperazine rings is 1. The molecule has 0 amide bonds. The van der Waals surface area contributed by atoms with Crippen molar-refractivity contribution in [2.45, 2.75) is 30.1 Å². The normalized spacial score (nSPS) is 27.8. The van der Waals surface area contributed by atoms with Gasteiger partial charge in [-0.3, -0.25) is 4.90 Å². The van der Waals surface area contributed by atoms with E-state index in [1.807, 2.05) is 12.3 Å². The van der Waals surface area contributed by atoms with Crippen LogP contribution >= 0.6 is 11.8 Å². The molecule has 3 heterocycles. The van der Waals surface area contributed by atoms with Gasteiger partial charge in [0.25, 0.3) is 0 Å². The highest BCUT2D eigenvalue weighted by molar-refractivity contribution is 7.98. The molecule has 18 heavy (non-hydrogen) atoms. The van der Waals surface area contributed by atoms with Crippen LogP contribution in [0.5, 0.6) is 0 Å². The quantitative estimate of drug-likeness (QED) is 0.637. The lowest BCUT2D eigenvalue weighted by Gasteiger charge is -2.39. The van der Waals surface area contributed by atoms with Gasteiger partial charge in [-0.05, 0) is 26.1 Å². The molecule has 0 spiro atoms. The summed E-state index contributed by atoms with van der Waals surface area (Å²) in [5.41, 5.74) is 5.85. The van der Waals surface area contributed by atoms with Gasteiger partial charge in [0, 0.05) is 31.2 Å². The number of rotatable bonds is 2. The Balaban J connectivity index is 1.85. The molecule has 0 aromatic carbocycles. The van der Waals surface area contributed by atoms with E-state index in [1.165, 1.54) is 24.6 Å². The molecular formula is C12H19N5S. The molecule has 0 aliphatic carbocycles. The third-order valence-electron chi connectivity index (χ3n) is 4.07. The monoisotopic (exact) mass is 265 g/mol. The number of likely N-dealkylation sites (N-methyl/N-ethyl adjacent to an activating group) is 1. The Morgan fingerprint density at radius 3 is 2.56 bits per heavy atom. The van der Waals surface area contributed by atoms with Gasteiger partial charge in [-0.25, -0.2) is 9.97 Å². The van der Waals surface area contributed by atoms with Crippen LogP contribution in [0.15, 0.2) is 11.2 Å². The topological polar surface area (TPSA) is 58.3 Å². The second kappa shape index (κ2) is 4.59. The van der Waals surface area contributed by atoms with Crippen molar-refractivity contribution in [2.75, 3.05) is 37.0 Å². The molecule has 2 saturated heterocycles. The van der Waals surface area contributed by atoms with E-state index in [4.69, 9.17) is 5.73 Å². The van der Waals surface area contributed by atoms with Crippen molar-refractivity contribution < 1.29 is 0 Å². The Bertz CT molecular complexity index is 438. The van der Waals surface area contributed by atoms with Gasteiger partial charge in [-0.15, -0.1) is 0 Å². The van der Waals surface area contributed by atoms with Gasteiger partial charge in [-0.2, -0.15) is 0 Å². The summed E-state index contributed by atoms with van der Waals surface area (Å²) in [7, 11) is 2.24. The molecule has 2 aliphatic rings. The minimum atomic E-state index is 0.565. The van der Waals surface area contributed by atoms with E-state index < -0.39 is 0 Å². The molecule has 5 nitrogen and oxygen atoms in total. The SMILES string of the molecule is CSc1nc(N)cc(N2CC3CCC(C2)N3C)n1. The lowest BCUT2D eigenvalue weighted by Crippen LogP contribution is -2.52. The second-order valence-corrected chi connectivity index (χ2v) is 5.87. The van der Waals surface area contributed by atoms with Crippen LogP contribution in [0.2, 0.25) is 0 Å². The highest BCUT2D eigenvalue weighted by Crippen LogP contribution is 2.31. The predicted molar refractivity (Wildman–Crippen MR) is 75.0 cm³/mol. The molecule has 2 N–H and O–H groups in total. The number of hydrogen-bond acceptors (Lipinski definition) is 6. The van der Waals surface area contributed by atoms with E-state index in [9.17, 15) is 0 Å². The number of hydrogen-bond donors (Lipinski definition) is 1. The highest BCUT2D eigenvalue weighted by Gasteiger charge is 2.37. The Morgan fingerprint density at radius 2 is 1.94 bits per heavy atom. The van der Waals surface area contributed by atoms with Crippen LogP contribution in [0.4, 0.5) is 11.6 Å². The van der Waals surface area contributed by atoms with Crippen molar-refractivity contribution in [2.24, 2.45) is 0 Å². The molecule has 0 radical (unpaired) electrons. The van der Waals surface area contributed by atoms with Crippen LogP contribution < -0.4 is 10.6 Å². The van der Waals surface area contributed by atoms with Crippen molar-refractivity contribution in [3.63, 3.8) is 0 Å². The molecular weight excluding hydrogens is 246 g/mol. The van der Waals surface area contributed by atoms with Crippen LogP contribution in [0.1, 0.15) is 12.8 Å². The van der Waals surface area contributed by atoms with Crippen LogP contribution in [-0.4, -0.2) is 53.3 Å². The number of nitrogen functional groups attached to an aromatic ring is 1. The second-order valence-electron chi connectivity index (χ2n) is 5.09. The standard InChI is InChI=1S/C12H19N5S/c1-16-8-3-4-9(16)7-17(6-8)11-5-10(13)14-12(15-11)18-2/h5,8-9H,3-4,6-7H2,1-2H3,(H2,13,14,15). The smallest absolute Gasteiger partial charge is 0.191 e. The van der Waals surface area contributed by atoms with Gasteiger partial charge in [0.1, 0.15) is 11.6 Å². The Labute approximate surface area is 112 Å². The highest BCUT2D eigenvalue weighted by atomic mass is 32.2. The Hall–Kier alpha value is -1.01. The molecule has 1 aromatic rings. The number of thioether (sulfide) groups is 1. The first-order valence-electron chi connectivity index (χ1n) is 6.33. The Morgan fingerprint density at radius 1 is 1.28 bits per heavy atom. The fourth-order valence-corrected chi connectivity index (χ4v) is 3.37. The summed E-state index contributed by atoms with van der Waals surface area (Å²) in [5.74, 6) is 1.55. The minimum Gasteiger partial charge on any atom is -0.383 e. The first-order chi connectivity index (χ1) is 8.67. The zero-order chi connectivity index (χ0) is 12.7. The Kier molecular flexibility index (Phi) is 3.07. The summed E-state index contributed by atoms with van der Waals surface area (Å²) in [6.45, 7) is 2.11. The van der Waals surface area contributed by atoms with Crippen LogP contribution in [0, 0.1) is 0 Å². The summed E-state index contributed by atoms with van der Waals surface area (Å²) in [5, 5.41) is 0.760. The first kappa shape index (κ1) is 12.0. The molecule has 3 rings (SSSR count). The fraction of sp³-hybridized carbons (Fsp3) is 0.667. The number of anilines is 2. The van der Waals surface area contributed by atoms with Crippen molar-refractivity contribution in [1.82, 2.24) is 14.9 Å². The largest absolute Gasteiger partial charge is 0.383 e. The molecule has 98 valence electrons. The number of nitrogens with two attached hydrogens (primary N) is 1. The zero-order valence-corrected chi connectivity index (χ0v) is 11.7. The van der Waals surface area contributed by atoms with E-state index in [0.717, 1.165) is 24.1 Å².